The number of aromatic nitrogens is 1. The highest BCUT2D eigenvalue weighted by atomic mass is 16.5. The first kappa shape index (κ1) is 12.3. The Morgan fingerprint density at radius 3 is 2.65 bits per heavy atom. The van der Waals surface area contributed by atoms with Gasteiger partial charge in [0.25, 0.3) is 0 Å². The Hall–Kier alpha value is -2.69. The summed E-state index contributed by atoms with van der Waals surface area (Å²) < 4.78 is 15.9. The van der Waals surface area contributed by atoms with E-state index in [0.29, 0.717) is 17.0 Å². The zero-order valence-corrected chi connectivity index (χ0v) is 11.2. The highest BCUT2D eigenvalue weighted by Crippen LogP contribution is 2.41. The minimum absolute atomic E-state index is 0.255. The fraction of sp³-hybridized carbons (Fsp3) is 0.133. The summed E-state index contributed by atoms with van der Waals surface area (Å²) >= 11 is 0. The molecule has 2 N–H and O–H groups in total. The second-order valence-electron chi connectivity index (χ2n) is 4.36. The van der Waals surface area contributed by atoms with Crippen LogP contribution in [0.3, 0.4) is 0 Å². The quantitative estimate of drug-likeness (QED) is 0.788. The van der Waals surface area contributed by atoms with E-state index >= 15 is 0 Å². The number of rotatable bonds is 3. The monoisotopic (exact) mass is 270 g/mol. The van der Waals surface area contributed by atoms with E-state index in [2.05, 4.69) is 5.16 Å². The van der Waals surface area contributed by atoms with Gasteiger partial charge in [-0.05, 0) is 19.1 Å². The molecule has 1 aromatic carbocycles. The summed E-state index contributed by atoms with van der Waals surface area (Å²) in [7, 11) is 1.62. The molecule has 0 saturated heterocycles. The van der Waals surface area contributed by atoms with Gasteiger partial charge in [0, 0.05) is 11.1 Å². The van der Waals surface area contributed by atoms with Gasteiger partial charge in [-0.1, -0.05) is 23.4 Å². The number of nitrogens with zero attached hydrogens (tertiary/aromatic N) is 1. The molecule has 0 spiro atoms. The normalized spacial score (nSPS) is 10.7. The first-order valence-corrected chi connectivity index (χ1v) is 6.15. The number of hydrogen-bond acceptors (Lipinski definition) is 5. The van der Waals surface area contributed by atoms with E-state index in [9.17, 15) is 0 Å². The van der Waals surface area contributed by atoms with E-state index in [1.165, 1.54) is 0 Å². The van der Waals surface area contributed by atoms with E-state index in [1.54, 1.807) is 13.4 Å². The average molecular weight is 270 g/mol. The molecular weight excluding hydrogens is 256 g/mol. The van der Waals surface area contributed by atoms with E-state index < -0.39 is 0 Å². The molecule has 3 rings (SSSR count). The third-order valence-electron chi connectivity index (χ3n) is 3.21. The number of methoxy groups -OCH3 is 1. The van der Waals surface area contributed by atoms with Crippen LogP contribution in [0.25, 0.3) is 22.4 Å². The van der Waals surface area contributed by atoms with Crippen LogP contribution in [0.4, 0.5) is 5.88 Å². The lowest BCUT2D eigenvalue weighted by Crippen LogP contribution is -1.92. The van der Waals surface area contributed by atoms with Crippen LogP contribution in [0.15, 0.2) is 45.5 Å². The Morgan fingerprint density at radius 2 is 1.95 bits per heavy atom. The number of benzene rings is 1. The van der Waals surface area contributed by atoms with Crippen molar-refractivity contribution in [1.29, 1.82) is 0 Å². The van der Waals surface area contributed by atoms with Gasteiger partial charge in [-0.3, -0.25) is 0 Å². The number of hydrogen-bond donors (Lipinski definition) is 1. The molecule has 5 heteroatoms. The lowest BCUT2D eigenvalue weighted by molar-refractivity contribution is 0.416. The van der Waals surface area contributed by atoms with Crippen molar-refractivity contribution in [2.45, 2.75) is 6.92 Å². The predicted octanol–water partition coefficient (Wildman–Crippen LogP) is 3.50. The summed E-state index contributed by atoms with van der Waals surface area (Å²) in [5.74, 6) is 1.73. The number of furan rings is 1. The molecule has 0 aliphatic rings. The van der Waals surface area contributed by atoms with Crippen molar-refractivity contribution in [2.75, 3.05) is 12.8 Å². The number of ether oxygens (including phenoxy) is 1. The van der Waals surface area contributed by atoms with Crippen LogP contribution in [0.2, 0.25) is 0 Å². The Labute approximate surface area is 115 Å². The van der Waals surface area contributed by atoms with Crippen LogP contribution < -0.4 is 10.5 Å². The van der Waals surface area contributed by atoms with Crippen molar-refractivity contribution in [3.05, 3.63) is 42.4 Å². The fourth-order valence-electron chi connectivity index (χ4n) is 2.23. The maximum absolute atomic E-state index is 5.94. The molecule has 0 amide bonds. The second kappa shape index (κ2) is 4.77. The molecule has 0 bridgehead atoms. The van der Waals surface area contributed by atoms with E-state index in [4.69, 9.17) is 19.4 Å². The Bertz CT molecular complexity index is 743. The van der Waals surface area contributed by atoms with Crippen LogP contribution in [-0.2, 0) is 0 Å². The van der Waals surface area contributed by atoms with Gasteiger partial charge in [0.15, 0.2) is 0 Å². The third-order valence-corrected chi connectivity index (χ3v) is 3.21. The molecule has 0 atom stereocenters. The Balaban J connectivity index is 2.25. The molecule has 0 aliphatic heterocycles. The zero-order valence-electron chi connectivity index (χ0n) is 11.2. The number of nitrogen functional groups attached to an aromatic ring is 1. The van der Waals surface area contributed by atoms with Crippen LogP contribution >= 0.6 is 0 Å². The first-order chi connectivity index (χ1) is 9.72. The van der Waals surface area contributed by atoms with Gasteiger partial charge < -0.3 is 19.4 Å². The van der Waals surface area contributed by atoms with E-state index in [0.717, 1.165) is 16.9 Å². The van der Waals surface area contributed by atoms with Crippen molar-refractivity contribution in [3.63, 3.8) is 0 Å². The van der Waals surface area contributed by atoms with Gasteiger partial charge in [-0.15, -0.1) is 0 Å². The van der Waals surface area contributed by atoms with Crippen molar-refractivity contribution in [2.24, 2.45) is 0 Å². The van der Waals surface area contributed by atoms with E-state index in [-0.39, 0.29) is 5.88 Å². The Morgan fingerprint density at radius 1 is 1.15 bits per heavy atom. The van der Waals surface area contributed by atoms with Crippen molar-refractivity contribution < 1.29 is 13.7 Å². The van der Waals surface area contributed by atoms with Crippen molar-refractivity contribution in [1.82, 2.24) is 5.16 Å². The molecule has 0 aliphatic carbocycles. The first-order valence-electron chi connectivity index (χ1n) is 6.15. The SMILES string of the molecule is COc1ccccc1-c1c(-c2ccoc2C)noc1N. The number of anilines is 1. The number of para-hydroxylation sites is 1. The molecule has 20 heavy (non-hydrogen) atoms. The van der Waals surface area contributed by atoms with Crippen molar-refractivity contribution in [3.8, 4) is 28.1 Å². The minimum Gasteiger partial charge on any atom is -0.496 e. The van der Waals surface area contributed by atoms with Crippen molar-refractivity contribution >= 4 is 5.88 Å². The highest BCUT2D eigenvalue weighted by Gasteiger charge is 2.22. The summed E-state index contributed by atoms with van der Waals surface area (Å²) in [5.41, 5.74) is 8.99. The minimum atomic E-state index is 0.255. The molecule has 3 aromatic rings. The zero-order chi connectivity index (χ0) is 14.1. The standard InChI is InChI=1S/C15H14N2O3/c1-9-10(7-8-19-9)14-13(15(16)20-17-14)11-5-3-4-6-12(11)18-2/h3-8H,16H2,1-2H3. The van der Waals surface area contributed by atoms with Gasteiger partial charge >= 0.3 is 0 Å². The summed E-state index contributed by atoms with van der Waals surface area (Å²) in [5, 5.41) is 4.06. The van der Waals surface area contributed by atoms with Gasteiger partial charge in [0.1, 0.15) is 17.2 Å². The average Bonchev–Trinajstić information content (AvgIpc) is 3.04. The number of nitrogens with two attached hydrogens (primary N) is 1. The highest BCUT2D eigenvalue weighted by molar-refractivity contribution is 5.89. The lowest BCUT2D eigenvalue weighted by atomic mass is 10.0. The topological polar surface area (TPSA) is 74.4 Å². The van der Waals surface area contributed by atoms with Gasteiger partial charge in [0.2, 0.25) is 5.88 Å². The number of aryl methyl sites for hydroxylation is 1. The molecular formula is C15H14N2O3. The second-order valence-corrected chi connectivity index (χ2v) is 4.36. The molecule has 5 nitrogen and oxygen atoms in total. The summed E-state index contributed by atoms with van der Waals surface area (Å²) in [6.45, 7) is 1.87. The summed E-state index contributed by atoms with van der Waals surface area (Å²) in [6.07, 6.45) is 1.61. The van der Waals surface area contributed by atoms with Crippen LogP contribution in [0, 0.1) is 6.92 Å². The largest absolute Gasteiger partial charge is 0.496 e. The predicted molar refractivity (Wildman–Crippen MR) is 75.3 cm³/mol. The molecule has 2 aromatic heterocycles. The maximum atomic E-state index is 5.94. The smallest absolute Gasteiger partial charge is 0.230 e. The molecule has 0 fully saturated rings. The fourth-order valence-corrected chi connectivity index (χ4v) is 2.23. The van der Waals surface area contributed by atoms with Crippen LogP contribution in [0.1, 0.15) is 5.76 Å². The van der Waals surface area contributed by atoms with Gasteiger partial charge in [-0.2, -0.15) is 0 Å². The lowest BCUT2D eigenvalue weighted by Gasteiger charge is -2.08. The Kier molecular flexibility index (Phi) is 2.95. The maximum Gasteiger partial charge on any atom is 0.230 e. The molecule has 0 saturated carbocycles. The van der Waals surface area contributed by atoms with Gasteiger partial charge in [0.05, 0.1) is 18.9 Å². The molecule has 0 radical (unpaired) electrons. The molecule has 102 valence electrons. The summed E-state index contributed by atoms with van der Waals surface area (Å²) in [6, 6.07) is 9.44. The molecule has 0 unspecified atom stereocenters. The van der Waals surface area contributed by atoms with Crippen LogP contribution in [-0.4, -0.2) is 12.3 Å². The van der Waals surface area contributed by atoms with Crippen LogP contribution in [0.5, 0.6) is 5.75 Å². The summed E-state index contributed by atoms with van der Waals surface area (Å²) in [4.78, 5) is 0. The third kappa shape index (κ3) is 1.84. The molecule has 2 heterocycles. The van der Waals surface area contributed by atoms with E-state index in [1.807, 2.05) is 37.3 Å². The van der Waals surface area contributed by atoms with Gasteiger partial charge in [-0.25, -0.2) is 0 Å².